The number of rotatable bonds is 4. The second kappa shape index (κ2) is 6.23. The van der Waals surface area contributed by atoms with Crippen molar-refractivity contribution in [2.24, 2.45) is 0 Å². The molecule has 1 aromatic heterocycles. The van der Waals surface area contributed by atoms with Crippen LogP contribution in [0.15, 0.2) is 34.9 Å². The fraction of sp³-hybridized carbons (Fsp3) is 0.389. The molecule has 1 aromatic carbocycles. The highest BCUT2D eigenvalue weighted by Crippen LogP contribution is 2.30. The number of carbonyl (C=O) groups is 2. The second-order valence-corrected chi connectivity index (χ2v) is 6.63. The molecule has 2 aliphatic rings. The average molecular weight is 340 g/mol. The zero-order valence-electron chi connectivity index (χ0n) is 14.0. The molecule has 1 aliphatic heterocycles. The zero-order valence-corrected chi connectivity index (χ0v) is 14.0. The summed E-state index contributed by atoms with van der Waals surface area (Å²) < 4.78 is 5.51. The molecular formula is C18H20N4O3. The number of aromatic nitrogens is 1. The van der Waals surface area contributed by atoms with Gasteiger partial charge in [-0.3, -0.25) is 4.79 Å². The molecule has 2 fully saturated rings. The van der Waals surface area contributed by atoms with E-state index in [0.29, 0.717) is 30.6 Å². The van der Waals surface area contributed by atoms with Crippen LogP contribution in [0.5, 0.6) is 0 Å². The van der Waals surface area contributed by atoms with Crippen molar-refractivity contribution in [2.45, 2.75) is 38.3 Å². The number of aryl methyl sites for hydroxylation is 1. The molecule has 2 aromatic rings. The second-order valence-electron chi connectivity index (χ2n) is 6.63. The Morgan fingerprint density at radius 1 is 1.36 bits per heavy atom. The Kier molecular flexibility index (Phi) is 3.91. The van der Waals surface area contributed by atoms with Crippen LogP contribution in [0.4, 0.5) is 10.5 Å². The van der Waals surface area contributed by atoms with Crippen molar-refractivity contribution in [2.75, 3.05) is 11.9 Å². The lowest BCUT2D eigenvalue weighted by molar-refractivity contribution is -0.128. The van der Waals surface area contributed by atoms with Crippen LogP contribution in [-0.4, -0.2) is 40.5 Å². The lowest BCUT2D eigenvalue weighted by Gasteiger charge is -2.16. The van der Waals surface area contributed by atoms with E-state index in [1.54, 1.807) is 18.3 Å². The van der Waals surface area contributed by atoms with Crippen LogP contribution in [0.2, 0.25) is 0 Å². The van der Waals surface area contributed by atoms with E-state index in [0.717, 1.165) is 24.2 Å². The number of hydrogen-bond acceptors (Lipinski definition) is 4. The van der Waals surface area contributed by atoms with Gasteiger partial charge < -0.3 is 20.0 Å². The number of nitrogens with zero attached hydrogens (tertiary/aromatic N) is 2. The summed E-state index contributed by atoms with van der Waals surface area (Å²) in [6, 6.07) is 7.26. The molecule has 7 nitrogen and oxygen atoms in total. The average Bonchev–Trinajstić information content (AvgIpc) is 3.22. The van der Waals surface area contributed by atoms with Crippen molar-refractivity contribution in [3.05, 3.63) is 36.2 Å². The van der Waals surface area contributed by atoms with E-state index in [-0.39, 0.29) is 18.0 Å². The Morgan fingerprint density at radius 2 is 2.20 bits per heavy atom. The van der Waals surface area contributed by atoms with Gasteiger partial charge in [0.2, 0.25) is 11.8 Å². The maximum Gasteiger partial charge on any atom is 0.319 e. The van der Waals surface area contributed by atoms with E-state index in [1.807, 2.05) is 24.0 Å². The summed E-state index contributed by atoms with van der Waals surface area (Å²) in [6.45, 7) is 2.44. The third kappa shape index (κ3) is 3.50. The summed E-state index contributed by atoms with van der Waals surface area (Å²) in [4.78, 5) is 30.3. The van der Waals surface area contributed by atoms with Crippen LogP contribution in [0.25, 0.3) is 11.5 Å². The Bertz CT molecular complexity index is 812. The van der Waals surface area contributed by atoms with Gasteiger partial charge in [0.15, 0.2) is 0 Å². The summed E-state index contributed by atoms with van der Waals surface area (Å²) in [5.41, 5.74) is 1.44. The van der Waals surface area contributed by atoms with Crippen molar-refractivity contribution in [3.63, 3.8) is 0 Å². The molecule has 0 unspecified atom stereocenters. The van der Waals surface area contributed by atoms with E-state index >= 15 is 0 Å². The summed E-state index contributed by atoms with van der Waals surface area (Å²) in [5, 5.41) is 5.69. The predicted molar refractivity (Wildman–Crippen MR) is 92.0 cm³/mol. The Balaban J connectivity index is 1.37. The number of anilines is 1. The Hall–Kier alpha value is -2.83. The molecule has 0 radical (unpaired) electrons. The van der Waals surface area contributed by atoms with Crippen molar-refractivity contribution >= 4 is 17.6 Å². The largest absolute Gasteiger partial charge is 0.441 e. The van der Waals surface area contributed by atoms with E-state index in [1.165, 1.54) is 0 Å². The highest BCUT2D eigenvalue weighted by molar-refractivity contribution is 5.91. The molecule has 2 heterocycles. The number of benzene rings is 1. The normalized spacial score (nSPS) is 20.0. The van der Waals surface area contributed by atoms with Crippen molar-refractivity contribution in [3.8, 4) is 11.5 Å². The maximum atomic E-state index is 12.2. The molecule has 2 N–H and O–H groups in total. The number of likely N-dealkylation sites (tertiary alicyclic amines) is 1. The Morgan fingerprint density at radius 3 is 2.92 bits per heavy atom. The smallest absolute Gasteiger partial charge is 0.319 e. The van der Waals surface area contributed by atoms with E-state index in [9.17, 15) is 9.59 Å². The highest BCUT2D eigenvalue weighted by Gasteiger charge is 2.39. The molecular weight excluding hydrogens is 320 g/mol. The topological polar surface area (TPSA) is 87.5 Å². The molecule has 7 heteroatoms. The van der Waals surface area contributed by atoms with E-state index in [4.69, 9.17) is 4.42 Å². The minimum atomic E-state index is -0.309. The third-order valence-corrected chi connectivity index (χ3v) is 4.47. The fourth-order valence-corrected chi connectivity index (χ4v) is 3.14. The van der Waals surface area contributed by atoms with Crippen LogP contribution in [0.3, 0.4) is 0 Å². The first kappa shape index (κ1) is 15.7. The monoisotopic (exact) mass is 340 g/mol. The first-order valence-electron chi connectivity index (χ1n) is 8.48. The van der Waals surface area contributed by atoms with Crippen LogP contribution in [0.1, 0.15) is 25.0 Å². The number of urea groups is 1. The predicted octanol–water partition coefficient (Wildman–Crippen LogP) is 2.53. The molecule has 25 heavy (non-hydrogen) atoms. The number of amides is 3. The molecule has 1 saturated carbocycles. The fourth-order valence-electron chi connectivity index (χ4n) is 3.14. The molecule has 130 valence electrons. The minimum Gasteiger partial charge on any atom is -0.441 e. The van der Waals surface area contributed by atoms with Gasteiger partial charge in [-0.1, -0.05) is 6.07 Å². The van der Waals surface area contributed by atoms with Crippen molar-refractivity contribution in [1.29, 1.82) is 0 Å². The first-order chi connectivity index (χ1) is 12.1. The molecule has 3 amide bonds. The van der Waals surface area contributed by atoms with Gasteiger partial charge in [0.05, 0.1) is 12.2 Å². The minimum absolute atomic E-state index is 0.133. The van der Waals surface area contributed by atoms with Crippen LogP contribution < -0.4 is 10.6 Å². The first-order valence-corrected chi connectivity index (χ1v) is 8.48. The van der Waals surface area contributed by atoms with Gasteiger partial charge in [-0.25, -0.2) is 9.78 Å². The van der Waals surface area contributed by atoms with Crippen molar-refractivity contribution in [1.82, 2.24) is 15.2 Å². The molecule has 1 saturated heterocycles. The van der Waals surface area contributed by atoms with Gasteiger partial charge in [0, 0.05) is 30.3 Å². The van der Waals surface area contributed by atoms with Gasteiger partial charge in [-0.15, -0.1) is 0 Å². The maximum absolute atomic E-state index is 12.2. The van der Waals surface area contributed by atoms with Gasteiger partial charge in [0.1, 0.15) is 5.76 Å². The number of oxazole rings is 1. The van der Waals surface area contributed by atoms with Crippen LogP contribution in [0, 0.1) is 6.92 Å². The van der Waals surface area contributed by atoms with Gasteiger partial charge in [-0.2, -0.15) is 0 Å². The third-order valence-electron chi connectivity index (χ3n) is 4.47. The quantitative estimate of drug-likeness (QED) is 0.895. The summed E-state index contributed by atoms with van der Waals surface area (Å²) >= 11 is 0. The van der Waals surface area contributed by atoms with Crippen LogP contribution in [-0.2, 0) is 4.79 Å². The number of carbonyl (C=O) groups excluding carboxylic acids is 2. The Labute approximate surface area is 145 Å². The van der Waals surface area contributed by atoms with Gasteiger partial charge in [-0.05, 0) is 38.0 Å². The van der Waals surface area contributed by atoms with Crippen molar-refractivity contribution < 1.29 is 14.0 Å². The molecule has 0 spiro atoms. The zero-order chi connectivity index (χ0) is 17.4. The standard InChI is InChI=1S/C18H20N4O3/c1-11-9-19-17(25-11)12-3-2-4-13(7-12)20-18(24)21-14-8-16(23)22(10-14)15-5-6-15/h2-4,7,9,14-15H,5-6,8,10H2,1H3,(H2,20,21,24)/t14-/m1/s1. The molecule has 4 rings (SSSR count). The van der Waals surface area contributed by atoms with Gasteiger partial charge >= 0.3 is 6.03 Å². The SMILES string of the molecule is Cc1cnc(-c2cccc(NC(=O)N[C@@H]3CC(=O)N(C4CC4)C3)c2)o1. The number of hydrogen-bond donors (Lipinski definition) is 2. The van der Waals surface area contributed by atoms with E-state index < -0.39 is 0 Å². The lowest BCUT2D eigenvalue weighted by Crippen LogP contribution is -2.40. The highest BCUT2D eigenvalue weighted by atomic mass is 16.4. The summed E-state index contributed by atoms with van der Waals surface area (Å²) in [6.07, 6.45) is 4.19. The molecule has 1 aliphatic carbocycles. The summed E-state index contributed by atoms with van der Waals surface area (Å²) in [5.74, 6) is 1.38. The summed E-state index contributed by atoms with van der Waals surface area (Å²) in [7, 11) is 0. The molecule has 0 bridgehead atoms. The number of nitrogens with one attached hydrogen (secondary N) is 2. The lowest BCUT2D eigenvalue weighted by atomic mass is 10.2. The van der Waals surface area contributed by atoms with Crippen LogP contribution >= 0.6 is 0 Å². The molecule has 1 atom stereocenters. The van der Waals surface area contributed by atoms with E-state index in [2.05, 4.69) is 15.6 Å². The van der Waals surface area contributed by atoms with Gasteiger partial charge in [0.25, 0.3) is 0 Å².